The highest BCUT2D eigenvalue weighted by Gasteiger charge is 2.34. The van der Waals surface area contributed by atoms with E-state index >= 15 is 0 Å². The molecule has 0 amide bonds. The number of hydrogen-bond donors (Lipinski definition) is 1. The fourth-order valence-corrected chi connectivity index (χ4v) is 3.52. The second-order valence-electron chi connectivity index (χ2n) is 6.67. The maximum atomic E-state index is 5.88. The summed E-state index contributed by atoms with van der Waals surface area (Å²) >= 11 is 3.42. The summed E-state index contributed by atoms with van der Waals surface area (Å²) in [5, 5.41) is 3.65. The van der Waals surface area contributed by atoms with E-state index in [0.29, 0.717) is 6.04 Å². The zero-order valence-corrected chi connectivity index (χ0v) is 14.3. The van der Waals surface area contributed by atoms with Crippen molar-refractivity contribution in [3.63, 3.8) is 0 Å². The van der Waals surface area contributed by atoms with Gasteiger partial charge in [-0.15, -0.1) is 0 Å². The van der Waals surface area contributed by atoms with Gasteiger partial charge >= 0.3 is 0 Å². The molecule has 0 saturated carbocycles. The summed E-state index contributed by atoms with van der Waals surface area (Å²) in [5.41, 5.74) is 2.64. The molecule has 3 rings (SSSR count). The summed E-state index contributed by atoms with van der Waals surface area (Å²) in [6.45, 7) is 7.40. The lowest BCUT2D eigenvalue weighted by molar-refractivity contribution is 0.233. The van der Waals surface area contributed by atoms with Crippen molar-refractivity contribution in [1.29, 1.82) is 0 Å². The van der Waals surface area contributed by atoms with Crippen molar-refractivity contribution in [3.05, 3.63) is 51.6 Å². The number of pyridine rings is 1. The molecule has 3 nitrogen and oxygen atoms in total. The van der Waals surface area contributed by atoms with Gasteiger partial charge in [-0.2, -0.15) is 0 Å². The van der Waals surface area contributed by atoms with Crippen LogP contribution in [-0.2, 0) is 13.0 Å². The standard InChI is InChI=1S/C17H21BrN2O/c1-11-7-13-14(8-17(2,3)9-15(13)21-11)19-10-12-5-4-6-16(18)20-12/h4-7,14,19H,8-10H2,1-3H3. The summed E-state index contributed by atoms with van der Waals surface area (Å²) in [5.74, 6) is 2.15. The lowest BCUT2D eigenvalue weighted by atomic mass is 9.74. The Morgan fingerprint density at radius 2 is 2.24 bits per heavy atom. The second-order valence-corrected chi connectivity index (χ2v) is 7.48. The minimum Gasteiger partial charge on any atom is -0.466 e. The smallest absolute Gasteiger partial charge is 0.109 e. The number of furan rings is 1. The Balaban J connectivity index is 1.78. The average Bonchev–Trinajstić information content (AvgIpc) is 2.75. The van der Waals surface area contributed by atoms with Gasteiger partial charge < -0.3 is 9.73 Å². The van der Waals surface area contributed by atoms with E-state index in [0.717, 1.165) is 41.2 Å². The Kier molecular flexibility index (Phi) is 3.93. The molecule has 1 unspecified atom stereocenters. The molecule has 0 spiro atoms. The molecule has 2 heterocycles. The Hall–Kier alpha value is -1.13. The lowest BCUT2D eigenvalue weighted by Gasteiger charge is -2.34. The molecule has 1 atom stereocenters. The van der Waals surface area contributed by atoms with Crippen LogP contribution in [-0.4, -0.2) is 4.98 Å². The van der Waals surface area contributed by atoms with Crippen LogP contribution in [0.25, 0.3) is 0 Å². The van der Waals surface area contributed by atoms with E-state index in [9.17, 15) is 0 Å². The van der Waals surface area contributed by atoms with Crippen LogP contribution in [0, 0.1) is 12.3 Å². The maximum absolute atomic E-state index is 5.88. The molecule has 0 bridgehead atoms. The van der Waals surface area contributed by atoms with E-state index in [2.05, 4.69) is 46.1 Å². The van der Waals surface area contributed by atoms with Crippen molar-refractivity contribution < 1.29 is 4.42 Å². The molecule has 0 saturated heterocycles. The summed E-state index contributed by atoms with van der Waals surface area (Å²) in [6, 6.07) is 8.53. The number of halogens is 1. The Bertz CT molecular complexity index is 648. The number of aromatic nitrogens is 1. The van der Waals surface area contributed by atoms with Crippen LogP contribution in [0.2, 0.25) is 0 Å². The first-order valence-electron chi connectivity index (χ1n) is 7.37. The number of nitrogens with one attached hydrogen (secondary N) is 1. The van der Waals surface area contributed by atoms with Crippen LogP contribution in [0.3, 0.4) is 0 Å². The third kappa shape index (κ3) is 3.38. The quantitative estimate of drug-likeness (QED) is 0.827. The molecule has 0 fully saturated rings. The lowest BCUT2D eigenvalue weighted by Crippen LogP contribution is -2.32. The molecule has 21 heavy (non-hydrogen) atoms. The molecule has 2 aromatic heterocycles. The van der Waals surface area contributed by atoms with Gasteiger partial charge in [0.05, 0.1) is 5.69 Å². The SMILES string of the molecule is Cc1cc2c(o1)CC(C)(C)CC2NCc1cccc(Br)n1. The number of hydrogen-bond acceptors (Lipinski definition) is 3. The van der Waals surface area contributed by atoms with E-state index in [1.54, 1.807) is 0 Å². The molecule has 0 aromatic carbocycles. The number of aryl methyl sites for hydroxylation is 1. The van der Waals surface area contributed by atoms with Gasteiger partial charge in [-0.25, -0.2) is 4.98 Å². The summed E-state index contributed by atoms with van der Waals surface area (Å²) in [7, 11) is 0. The van der Waals surface area contributed by atoms with Crippen LogP contribution < -0.4 is 5.32 Å². The normalized spacial score (nSPS) is 20.3. The topological polar surface area (TPSA) is 38.1 Å². The Labute approximate surface area is 134 Å². The average molecular weight is 349 g/mol. The van der Waals surface area contributed by atoms with E-state index in [1.807, 2.05) is 25.1 Å². The van der Waals surface area contributed by atoms with Gasteiger partial charge in [0.15, 0.2) is 0 Å². The molecular formula is C17H21BrN2O. The van der Waals surface area contributed by atoms with Crippen molar-refractivity contribution in [2.45, 2.75) is 46.2 Å². The first-order chi connectivity index (χ1) is 9.93. The Morgan fingerprint density at radius 1 is 1.43 bits per heavy atom. The van der Waals surface area contributed by atoms with Crippen molar-refractivity contribution in [1.82, 2.24) is 10.3 Å². The highest BCUT2D eigenvalue weighted by atomic mass is 79.9. The minimum atomic E-state index is 0.264. The van der Waals surface area contributed by atoms with Gasteiger partial charge in [-0.3, -0.25) is 0 Å². The largest absolute Gasteiger partial charge is 0.466 e. The molecule has 0 radical (unpaired) electrons. The molecule has 1 aliphatic rings. The van der Waals surface area contributed by atoms with Gasteiger partial charge in [-0.05, 0) is 52.9 Å². The minimum absolute atomic E-state index is 0.264. The number of fused-ring (bicyclic) bond motifs is 1. The molecular weight excluding hydrogens is 328 g/mol. The first kappa shape index (κ1) is 14.8. The monoisotopic (exact) mass is 348 g/mol. The van der Waals surface area contributed by atoms with Crippen molar-refractivity contribution in [2.24, 2.45) is 5.41 Å². The van der Waals surface area contributed by atoms with E-state index in [1.165, 1.54) is 5.56 Å². The van der Waals surface area contributed by atoms with Gasteiger partial charge in [0, 0.05) is 24.6 Å². The third-order valence-corrected chi connectivity index (χ3v) is 4.48. The van der Waals surface area contributed by atoms with Crippen LogP contribution in [0.4, 0.5) is 0 Å². The predicted molar refractivity (Wildman–Crippen MR) is 87.1 cm³/mol. The fourth-order valence-electron chi connectivity index (χ4n) is 3.14. The van der Waals surface area contributed by atoms with Crippen LogP contribution in [0.1, 0.15) is 49.1 Å². The highest BCUT2D eigenvalue weighted by Crippen LogP contribution is 2.42. The summed E-state index contributed by atoms with van der Waals surface area (Å²) in [4.78, 5) is 4.49. The maximum Gasteiger partial charge on any atom is 0.109 e. The predicted octanol–water partition coefficient (Wildman–Crippen LogP) is 4.55. The van der Waals surface area contributed by atoms with Gasteiger partial charge in [0.25, 0.3) is 0 Å². The number of nitrogens with zero attached hydrogens (tertiary/aromatic N) is 1. The molecule has 2 aromatic rings. The van der Waals surface area contributed by atoms with Crippen LogP contribution in [0.5, 0.6) is 0 Å². The van der Waals surface area contributed by atoms with E-state index in [4.69, 9.17) is 4.42 Å². The molecule has 1 aliphatic carbocycles. The summed E-state index contributed by atoms with van der Waals surface area (Å²) in [6.07, 6.45) is 2.14. The van der Waals surface area contributed by atoms with Crippen molar-refractivity contribution >= 4 is 15.9 Å². The molecule has 1 N–H and O–H groups in total. The Morgan fingerprint density at radius 3 is 3.00 bits per heavy atom. The van der Waals surface area contributed by atoms with Crippen molar-refractivity contribution in [2.75, 3.05) is 0 Å². The molecule has 4 heteroatoms. The highest BCUT2D eigenvalue weighted by molar-refractivity contribution is 9.10. The zero-order valence-electron chi connectivity index (χ0n) is 12.7. The van der Waals surface area contributed by atoms with Gasteiger partial charge in [0.2, 0.25) is 0 Å². The molecule has 112 valence electrons. The first-order valence-corrected chi connectivity index (χ1v) is 8.16. The molecule has 0 aliphatic heterocycles. The van der Waals surface area contributed by atoms with Crippen molar-refractivity contribution in [3.8, 4) is 0 Å². The van der Waals surface area contributed by atoms with E-state index in [-0.39, 0.29) is 5.41 Å². The fraction of sp³-hybridized carbons (Fsp3) is 0.471. The summed E-state index contributed by atoms with van der Waals surface area (Å²) < 4.78 is 6.76. The second kappa shape index (κ2) is 5.58. The van der Waals surface area contributed by atoms with Crippen LogP contribution in [0.15, 0.2) is 33.3 Å². The third-order valence-electron chi connectivity index (χ3n) is 4.04. The van der Waals surface area contributed by atoms with Gasteiger partial charge in [0.1, 0.15) is 16.1 Å². The van der Waals surface area contributed by atoms with Gasteiger partial charge in [-0.1, -0.05) is 19.9 Å². The zero-order chi connectivity index (χ0) is 15.0. The van der Waals surface area contributed by atoms with E-state index < -0.39 is 0 Å². The number of rotatable bonds is 3. The van der Waals surface area contributed by atoms with Crippen LogP contribution >= 0.6 is 15.9 Å².